The Kier molecular flexibility index (Phi) is 5.11. The van der Waals surface area contributed by atoms with Gasteiger partial charge >= 0.3 is 0 Å². The molecule has 0 atom stereocenters. The Labute approximate surface area is 154 Å². The van der Waals surface area contributed by atoms with Gasteiger partial charge in [-0.2, -0.15) is 4.37 Å². The molecule has 0 aliphatic carbocycles. The lowest BCUT2D eigenvalue weighted by Crippen LogP contribution is -2.14. The molecule has 3 rings (SSSR count). The maximum Gasteiger partial charge on any atom is 0.231 e. The molecule has 1 amide bonds. The summed E-state index contributed by atoms with van der Waals surface area (Å²) in [6.45, 7) is 1.80. The minimum Gasteiger partial charge on any atom is -0.315 e. The van der Waals surface area contributed by atoms with Gasteiger partial charge in [-0.15, -0.1) is 11.3 Å². The molecule has 0 saturated carbocycles. The third-order valence-electron chi connectivity index (χ3n) is 3.04. The zero-order chi connectivity index (χ0) is 16.4. The van der Waals surface area contributed by atoms with Crippen LogP contribution in [0.5, 0.6) is 0 Å². The Balaban J connectivity index is 1.71. The molecule has 1 N–H and O–H groups in total. The van der Waals surface area contributed by atoms with Crippen LogP contribution < -0.4 is 5.32 Å². The highest BCUT2D eigenvalue weighted by molar-refractivity contribution is 9.10. The van der Waals surface area contributed by atoms with Crippen LogP contribution in [0.3, 0.4) is 0 Å². The van der Waals surface area contributed by atoms with Gasteiger partial charge in [0.05, 0.1) is 22.8 Å². The van der Waals surface area contributed by atoms with Crippen molar-refractivity contribution in [3.8, 4) is 10.6 Å². The van der Waals surface area contributed by atoms with Crippen LogP contribution in [0, 0.1) is 6.92 Å². The van der Waals surface area contributed by atoms with Gasteiger partial charge in [-0.25, -0.2) is 4.98 Å². The van der Waals surface area contributed by atoms with Crippen LogP contribution in [0.25, 0.3) is 10.6 Å². The summed E-state index contributed by atoms with van der Waals surface area (Å²) in [4.78, 5) is 16.7. The molecule has 0 unspecified atom stereocenters. The van der Waals surface area contributed by atoms with Gasteiger partial charge in [0.1, 0.15) is 10.0 Å². The van der Waals surface area contributed by atoms with E-state index >= 15 is 0 Å². The normalized spacial score (nSPS) is 10.7. The highest BCUT2D eigenvalue weighted by atomic mass is 79.9. The number of rotatable bonds is 4. The van der Waals surface area contributed by atoms with Crippen LogP contribution >= 0.6 is 50.4 Å². The number of halogens is 2. The maximum atomic E-state index is 12.1. The fourth-order valence-corrected chi connectivity index (χ4v) is 4.33. The third kappa shape index (κ3) is 3.80. The molecular formula is C15H11BrClN3OS2. The average Bonchev–Trinajstić information content (AvgIpc) is 3.10. The molecule has 3 aromatic rings. The molecule has 0 saturated heterocycles. The summed E-state index contributed by atoms with van der Waals surface area (Å²) in [6, 6.07) is 7.88. The van der Waals surface area contributed by atoms with Gasteiger partial charge < -0.3 is 5.32 Å². The number of carbonyl (C=O) groups excluding carboxylic acids is 1. The Morgan fingerprint density at radius 1 is 1.39 bits per heavy atom. The Morgan fingerprint density at radius 3 is 2.87 bits per heavy atom. The molecule has 23 heavy (non-hydrogen) atoms. The van der Waals surface area contributed by atoms with Crippen LogP contribution in [0.1, 0.15) is 11.4 Å². The van der Waals surface area contributed by atoms with Gasteiger partial charge in [0.15, 0.2) is 0 Å². The number of anilines is 1. The minimum atomic E-state index is -0.153. The number of amides is 1. The molecular weight excluding hydrogens is 418 g/mol. The first-order chi connectivity index (χ1) is 11.0. The lowest BCUT2D eigenvalue weighted by Gasteiger charge is -2.01. The zero-order valence-corrected chi connectivity index (χ0v) is 15.9. The van der Waals surface area contributed by atoms with E-state index in [1.54, 1.807) is 6.92 Å². The fourth-order valence-electron chi connectivity index (χ4n) is 1.92. The average molecular weight is 429 g/mol. The van der Waals surface area contributed by atoms with Crippen molar-refractivity contribution in [2.24, 2.45) is 0 Å². The second kappa shape index (κ2) is 7.09. The van der Waals surface area contributed by atoms with Crippen molar-refractivity contribution in [2.45, 2.75) is 13.3 Å². The summed E-state index contributed by atoms with van der Waals surface area (Å²) in [5.74, 6) is -0.153. The van der Waals surface area contributed by atoms with Crippen molar-refractivity contribution in [1.82, 2.24) is 9.36 Å². The molecule has 2 aromatic heterocycles. The molecule has 4 nitrogen and oxygen atoms in total. The summed E-state index contributed by atoms with van der Waals surface area (Å²) in [6.07, 6.45) is 0.203. The standard InChI is InChI=1S/C15H11BrClN3OS2/c1-8-13(17)15(23-20-8)19-12(21)6-9-7-22-14(18-9)10-4-2-3-5-11(10)16/h2-5,7H,6H2,1H3,(H,19,21). The largest absolute Gasteiger partial charge is 0.315 e. The first kappa shape index (κ1) is 16.6. The van der Waals surface area contributed by atoms with E-state index in [4.69, 9.17) is 11.6 Å². The van der Waals surface area contributed by atoms with Gasteiger partial charge in [-0.1, -0.05) is 45.7 Å². The second-order valence-electron chi connectivity index (χ2n) is 4.76. The summed E-state index contributed by atoms with van der Waals surface area (Å²) in [5.41, 5.74) is 2.47. The third-order valence-corrected chi connectivity index (χ3v) is 6.09. The lowest BCUT2D eigenvalue weighted by molar-refractivity contribution is -0.115. The van der Waals surface area contributed by atoms with Crippen LogP contribution in [-0.4, -0.2) is 15.3 Å². The number of thiazole rings is 1. The minimum absolute atomic E-state index is 0.153. The molecule has 8 heteroatoms. The van der Waals surface area contributed by atoms with Crippen molar-refractivity contribution in [3.05, 3.63) is 50.5 Å². The summed E-state index contributed by atoms with van der Waals surface area (Å²) in [5, 5.41) is 6.63. The Hall–Kier alpha value is -1.28. The molecule has 118 valence electrons. The smallest absolute Gasteiger partial charge is 0.231 e. The van der Waals surface area contributed by atoms with Crippen molar-refractivity contribution >= 4 is 61.3 Å². The number of aryl methyl sites for hydroxylation is 1. The van der Waals surface area contributed by atoms with Gasteiger partial charge in [-0.05, 0) is 24.5 Å². The van der Waals surface area contributed by atoms with Gasteiger partial charge in [0, 0.05) is 15.4 Å². The number of hydrogen-bond donors (Lipinski definition) is 1. The first-order valence-electron chi connectivity index (χ1n) is 6.65. The predicted molar refractivity (Wildman–Crippen MR) is 99.4 cm³/mol. The number of benzene rings is 1. The highest BCUT2D eigenvalue weighted by Gasteiger charge is 2.14. The lowest BCUT2D eigenvalue weighted by atomic mass is 10.2. The van der Waals surface area contributed by atoms with Crippen molar-refractivity contribution in [2.75, 3.05) is 5.32 Å². The maximum absolute atomic E-state index is 12.1. The van der Waals surface area contributed by atoms with Crippen molar-refractivity contribution < 1.29 is 4.79 Å². The number of nitrogens with zero attached hydrogens (tertiary/aromatic N) is 2. The molecule has 2 heterocycles. The SMILES string of the molecule is Cc1nsc(NC(=O)Cc2csc(-c3ccccc3Br)n2)c1Cl. The predicted octanol–water partition coefficient (Wildman–Crippen LogP) is 5.17. The molecule has 0 spiro atoms. The molecule has 1 aromatic carbocycles. The fraction of sp³-hybridized carbons (Fsp3) is 0.133. The van der Waals surface area contributed by atoms with Gasteiger partial charge in [-0.3, -0.25) is 4.79 Å². The van der Waals surface area contributed by atoms with Gasteiger partial charge in [0.25, 0.3) is 0 Å². The van der Waals surface area contributed by atoms with Crippen molar-refractivity contribution in [3.63, 3.8) is 0 Å². The number of nitrogens with one attached hydrogen (secondary N) is 1. The second-order valence-corrected chi connectivity index (χ2v) is 7.62. The van der Waals surface area contributed by atoms with E-state index in [-0.39, 0.29) is 12.3 Å². The zero-order valence-electron chi connectivity index (χ0n) is 12.0. The molecule has 0 radical (unpaired) electrons. The first-order valence-corrected chi connectivity index (χ1v) is 9.48. The van der Waals surface area contributed by atoms with Crippen LogP contribution in [0.4, 0.5) is 5.00 Å². The molecule has 0 aliphatic heterocycles. The molecule has 0 fully saturated rings. The summed E-state index contributed by atoms with van der Waals surface area (Å²) >= 11 is 12.3. The molecule has 0 aliphatic rings. The summed E-state index contributed by atoms with van der Waals surface area (Å²) < 4.78 is 5.09. The van der Waals surface area contributed by atoms with E-state index in [2.05, 4.69) is 30.6 Å². The van der Waals surface area contributed by atoms with Crippen LogP contribution in [-0.2, 0) is 11.2 Å². The van der Waals surface area contributed by atoms with Gasteiger partial charge in [0.2, 0.25) is 5.91 Å². The van der Waals surface area contributed by atoms with E-state index in [9.17, 15) is 4.79 Å². The van der Waals surface area contributed by atoms with E-state index in [0.717, 1.165) is 26.4 Å². The number of carbonyl (C=O) groups is 1. The Bertz CT molecular complexity index is 862. The van der Waals surface area contributed by atoms with E-state index < -0.39 is 0 Å². The quantitative estimate of drug-likeness (QED) is 0.623. The van der Waals surface area contributed by atoms with Crippen molar-refractivity contribution in [1.29, 1.82) is 0 Å². The molecule has 0 bridgehead atoms. The Morgan fingerprint density at radius 2 is 2.17 bits per heavy atom. The topological polar surface area (TPSA) is 54.9 Å². The van der Waals surface area contributed by atoms with E-state index in [1.807, 2.05) is 29.6 Å². The van der Waals surface area contributed by atoms with E-state index in [0.29, 0.717) is 10.0 Å². The number of aromatic nitrogens is 2. The van der Waals surface area contributed by atoms with E-state index in [1.165, 1.54) is 22.9 Å². The monoisotopic (exact) mass is 427 g/mol. The number of hydrogen-bond acceptors (Lipinski definition) is 5. The van der Waals surface area contributed by atoms with Crippen LogP contribution in [0.2, 0.25) is 5.02 Å². The van der Waals surface area contributed by atoms with Crippen LogP contribution in [0.15, 0.2) is 34.1 Å². The highest BCUT2D eigenvalue weighted by Crippen LogP contribution is 2.31. The summed E-state index contributed by atoms with van der Waals surface area (Å²) in [7, 11) is 0.